The van der Waals surface area contributed by atoms with Gasteiger partial charge in [0.1, 0.15) is 5.76 Å². The molecule has 1 heterocycles. The Kier molecular flexibility index (Phi) is 7.01. The highest BCUT2D eigenvalue weighted by atomic mass is 19.4. The van der Waals surface area contributed by atoms with E-state index in [9.17, 15) is 18.0 Å². The summed E-state index contributed by atoms with van der Waals surface area (Å²) in [5, 5.41) is 6.50. The van der Waals surface area contributed by atoms with Gasteiger partial charge in [-0.3, -0.25) is 9.69 Å². The molecule has 0 fully saturated rings. The van der Waals surface area contributed by atoms with Crippen molar-refractivity contribution in [1.29, 1.82) is 0 Å². The molecule has 0 radical (unpaired) electrons. The molecule has 0 aliphatic rings. The molecule has 0 saturated heterocycles. The predicted molar refractivity (Wildman–Crippen MR) is 96.1 cm³/mol. The van der Waals surface area contributed by atoms with Crippen LogP contribution in [0.3, 0.4) is 0 Å². The fourth-order valence-electron chi connectivity index (χ4n) is 2.78. The van der Waals surface area contributed by atoms with E-state index in [2.05, 4.69) is 10.5 Å². The first-order chi connectivity index (χ1) is 12.7. The van der Waals surface area contributed by atoms with E-state index >= 15 is 0 Å². The Balaban J connectivity index is 2.06. The van der Waals surface area contributed by atoms with E-state index in [-0.39, 0.29) is 5.91 Å². The number of alkyl halides is 3. The third-order valence-electron chi connectivity index (χ3n) is 4.26. The Hall–Kier alpha value is -2.35. The molecule has 0 aliphatic heterocycles. The van der Waals surface area contributed by atoms with Crippen LogP contribution in [0.5, 0.6) is 0 Å². The van der Waals surface area contributed by atoms with Gasteiger partial charge in [-0.2, -0.15) is 13.2 Å². The first-order valence-electron chi connectivity index (χ1n) is 8.81. The van der Waals surface area contributed by atoms with E-state index in [4.69, 9.17) is 4.52 Å². The highest BCUT2D eigenvalue weighted by molar-refractivity contribution is 5.93. The Morgan fingerprint density at radius 2 is 1.96 bits per heavy atom. The van der Waals surface area contributed by atoms with Crippen LogP contribution < -0.4 is 5.32 Å². The molecule has 1 aromatic heterocycles. The summed E-state index contributed by atoms with van der Waals surface area (Å²) in [6, 6.07) is 6.20. The summed E-state index contributed by atoms with van der Waals surface area (Å²) in [7, 11) is 1.78. The average molecular weight is 383 g/mol. The molecule has 1 amide bonds. The minimum absolute atomic E-state index is 0.217. The molecule has 1 aromatic carbocycles. The molecule has 8 heteroatoms. The third-order valence-corrected chi connectivity index (χ3v) is 4.26. The normalized spacial score (nSPS) is 13.0. The van der Waals surface area contributed by atoms with Gasteiger partial charge in [0.2, 0.25) is 5.91 Å². The van der Waals surface area contributed by atoms with Crippen LogP contribution >= 0.6 is 0 Å². The van der Waals surface area contributed by atoms with Gasteiger partial charge in [0.15, 0.2) is 5.82 Å². The van der Waals surface area contributed by atoms with Crippen molar-refractivity contribution in [2.45, 2.75) is 51.9 Å². The largest absolute Gasteiger partial charge is 0.416 e. The topological polar surface area (TPSA) is 58.4 Å². The number of nitrogens with one attached hydrogen (secondary N) is 1. The minimum Gasteiger partial charge on any atom is -0.360 e. The Bertz CT molecular complexity index is 741. The van der Waals surface area contributed by atoms with E-state index < -0.39 is 17.8 Å². The summed E-state index contributed by atoms with van der Waals surface area (Å²) in [6.07, 6.45) is -1.94. The van der Waals surface area contributed by atoms with E-state index in [0.29, 0.717) is 30.1 Å². The number of benzene rings is 1. The summed E-state index contributed by atoms with van der Waals surface area (Å²) in [5.74, 6) is 0.724. The third kappa shape index (κ3) is 6.09. The standard InChI is InChI=1S/C19H24F3N3O2/c1-4-5-6-16(18(26)23-17-11-13(2)27-24-17)25(3)12-14-7-9-15(10-8-14)19(20,21)22/h7-11,16H,4-6,12H2,1-3H3,(H,23,24,26). The number of hydrogen-bond donors (Lipinski definition) is 1. The van der Waals surface area contributed by atoms with Gasteiger partial charge in [-0.15, -0.1) is 0 Å². The van der Waals surface area contributed by atoms with Gasteiger partial charge in [-0.1, -0.05) is 37.1 Å². The maximum atomic E-state index is 12.7. The second kappa shape index (κ2) is 9.03. The van der Waals surface area contributed by atoms with Crippen LogP contribution in [-0.4, -0.2) is 29.1 Å². The lowest BCUT2D eigenvalue weighted by molar-refractivity contribution is -0.137. The van der Waals surface area contributed by atoms with Crippen LogP contribution in [0.2, 0.25) is 0 Å². The monoisotopic (exact) mass is 383 g/mol. The maximum Gasteiger partial charge on any atom is 0.416 e. The van der Waals surface area contributed by atoms with Gasteiger partial charge < -0.3 is 9.84 Å². The summed E-state index contributed by atoms with van der Waals surface area (Å²) in [4.78, 5) is 14.5. The minimum atomic E-state index is -4.36. The lowest BCUT2D eigenvalue weighted by atomic mass is 10.1. The summed E-state index contributed by atoms with van der Waals surface area (Å²) in [5.41, 5.74) is 0.0210. The summed E-state index contributed by atoms with van der Waals surface area (Å²) >= 11 is 0. The van der Waals surface area contributed by atoms with Crippen molar-refractivity contribution < 1.29 is 22.5 Å². The van der Waals surface area contributed by atoms with Gasteiger partial charge in [-0.05, 0) is 38.1 Å². The molecule has 2 rings (SSSR count). The van der Waals surface area contributed by atoms with Gasteiger partial charge in [0.25, 0.3) is 0 Å². The molecule has 5 nitrogen and oxygen atoms in total. The first kappa shape index (κ1) is 21.0. The quantitative estimate of drug-likeness (QED) is 0.722. The number of likely N-dealkylation sites (N-methyl/N-ethyl adjacent to an activating group) is 1. The fraction of sp³-hybridized carbons (Fsp3) is 0.474. The maximum absolute atomic E-state index is 12.7. The zero-order valence-corrected chi connectivity index (χ0v) is 15.6. The second-order valence-corrected chi connectivity index (χ2v) is 6.58. The number of rotatable bonds is 8. The van der Waals surface area contributed by atoms with Crippen molar-refractivity contribution in [3.05, 3.63) is 47.2 Å². The van der Waals surface area contributed by atoms with Crippen LogP contribution in [0, 0.1) is 6.92 Å². The predicted octanol–water partition coefficient (Wildman–Crippen LogP) is 4.63. The summed E-state index contributed by atoms with van der Waals surface area (Å²) < 4.78 is 43.0. The number of aryl methyl sites for hydroxylation is 1. The SMILES string of the molecule is CCCCC(C(=O)Nc1cc(C)on1)N(C)Cc1ccc(C(F)(F)F)cc1. The molecule has 1 atom stereocenters. The highest BCUT2D eigenvalue weighted by Crippen LogP contribution is 2.29. The van der Waals surface area contributed by atoms with Crippen molar-refractivity contribution >= 4 is 11.7 Å². The van der Waals surface area contributed by atoms with Gasteiger partial charge in [0, 0.05) is 12.6 Å². The molecule has 0 bridgehead atoms. The number of carbonyl (C=O) groups excluding carboxylic acids is 1. The Morgan fingerprint density at radius 1 is 1.30 bits per heavy atom. The molecule has 148 valence electrons. The fourth-order valence-corrected chi connectivity index (χ4v) is 2.78. The Morgan fingerprint density at radius 3 is 2.48 bits per heavy atom. The molecule has 27 heavy (non-hydrogen) atoms. The second-order valence-electron chi connectivity index (χ2n) is 6.58. The molecule has 1 unspecified atom stereocenters. The molecule has 1 N–H and O–H groups in total. The molecular formula is C19H24F3N3O2. The van der Waals surface area contributed by atoms with Crippen molar-refractivity contribution in [2.75, 3.05) is 12.4 Å². The van der Waals surface area contributed by atoms with Crippen molar-refractivity contribution in [3.8, 4) is 0 Å². The van der Waals surface area contributed by atoms with Crippen LogP contribution in [0.1, 0.15) is 43.1 Å². The number of halogens is 3. The van der Waals surface area contributed by atoms with Gasteiger partial charge in [-0.25, -0.2) is 0 Å². The van der Waals surface area contributed by atoms with Crippen molar-refractivity contribution in [2.24, 2.45) is 0 Å². The number of anilines is 1. The summed E-state index contributed by atoms with van der Waals surface area (Å²) in [6.45, 7) is 4.12. The zero-order chi connectivity index (χ0) is 20.0. The first-order valence-corrected chi connectivity index (χ1v) is 8.81. The lowest BCUT2D eigenvalue weighted by Crippen LogP contribution is -2.41. The number of hydrogen-bond acceptors (Lipinski definition) is 4. The number of carbonyl (C=O) groups is 1. The molecular weight excluding hydrogens is 359 g/mol. The molecule has 0 aliphatic carbocycles. The van der Waals surface area contributed by atoms with E-state index in [0.717, 1.165) is 25.0 Å². The van der Waals surface area contributed by atoms with Gasteiger partial charge >= 0.3 is 6.18 Å². The number of nitrogens with zero attached hydrogens (tertiary/aromatic N) is 2. The molecule has 0 spiro atoms. The number of aromatic nitrogens is 1. The number of amides is 1. The van der Waals surface area contributed by atoms with E-state index in [1.807, 2.05) is 11.8 Å². The van der Waals surface area contributed by atoms with Crippen LogP contribution in [0.15, 0.2) is 34.9 Å². The average Bonchev–Trinajstić information content (AvgIpc) is 2.99. The van der Waals surface area contributed by atoms with Crippen LogP contribution in [-0.2, 0) is 17.5 Å². The Labute approximate surface area is 156 Å². The van der Waals surface area contributed by atoms with Gasteiger partial charge in [0.05, 0.1) is 11.6 Å². The van der Waals surface area contributed by atoms with E-state index in [1.165, 1.54) is 12.1 Å². The van der Waals surface area contributed by atoms with Crippen LogP contribution in [0.25, 0.3) is 0 Å². The molecule has 2 aromatic rings. The van der Waals surface area contributed by atoms with Crippen molar-refractivity contribution in [3.63, 3.8) is 0 Å². The number of unbranched alkanes of at least 4 members (excludes halogenated alkanes) is 1. The highest BCUT2D eigenvalue weighted by Gasteiger charge is 2.30. The molecule has 0 saturated carbocycles. The smallest absolute Gasteiger partial charge is 0.360 e. The van der Waals surface area contributed by atoms with E-state index in [1.54, 1.807) is 20.0 Å². The van der Waals surface area contributed by atoms with Crippen LogP contribution in [0.4, 0.5) is 19.0 Å². The zero-order valence-electron chi connectivity index (χ0n) is 15.6. The van der Waals surface area contributed by atoms with Crippen molar-refractivity contribution in [1.82, 2.24) is 10.1 Å². The lowest BCUT2D eigenvalue weighted by Gasteiger charge is -2.27.